The molecule has 6 nitrogen and oxygen atoms in total. The summed E-state index contributed by atoms with van der Waals surface area (Å²) in [5, 5.41) is 11.6. The zero-order valence-corrected chi connectivity index (χ0v) is 15.5. The van der Waals surface area contributed by atoms with E-state index in [1.807, 2.05) is 38.1 Å². The minimum atomic E-state index is -0.113. The molecule has 1 heterocycles. The topological polar surface area (TPSA) is 85.8 Å². The number of aryl methyl sites for hydroxylation is 1. The number of nitrogens with zero attached hydrogens (tertiary/aromatic N) is 3. The third kappa shape index (κ3) is 3.14. The Bertz CT molecular complexity index is 783. The number of rotatable bonds is 3. The summed E-state index contributed by atoms with van der Waals surface area (Å²) >= 11 is 0. The Morgan fingerprint density at radius 3 is 2.46 bits per heavy atom. The first-order valence-corrected chi connectivity index (χ1v) is 9.58. The smallest absolute Gasteiger partial charge is 0.274 e. The normalized spacial score (nSPS) is 28.0. The molecule has 2 atom stereocenters. The molecule has 1 amide bonds. The fourth-order valence-corrected chi connectivity index (χ4v) is 4.71. The molecular weight excluding hydrogens is 326 g/mol. The summed E-state index contributed by atoms with van der Waals surface area (Å²) in [6.45, 7) is 3.94. The van der Waals surface area contributed by atoms with E-state index < -0.39 is 0 Å². The first-order valence-electron chi connectivity index (χ1n) is 9.58. The van der Waals surface area contributed by atoms with Crippen LogP contribution in [0.25, 0.3) is 5.69 Å². The lowest BCUT2D eigenvalue weighted by atomic mass is 9.67. The molecule has 1 aromatic carbocycles. The van der Waals surface area contributed by atoms with Crippen LogP contribution in [0.1, 0.15) is 53.8 Å². The number of nitrogens with two attached hydrogens (primary N) is 1. The minimum Gasteiger partial charge on any atom is -0.347 e. The van der Waals surface area contributed by atoms with Crippen LogP contribution < -0.4 is 11.1 Å². The summed E-state index contributed by atoms with van der Waals surface area (Å²) in [4.78, 5) is 12.9. The largest absolute Gasteiger partial charge is 0.347 e. The van der Waals surface area contributed by atoms with E-state index >= 15 is 0 Å². The summed E-state index contributed by atoms with van der Waals surface area (Å²) in [7, 11) is 0. The Morgan fingerprint density at radius 2 is 1.81 bits per heavy atom. The van der Waals surface area contributed by atoms with E-state index in [1.165, 1.54) is 12.0 Å². The standard InChI is InChI=1S/C20H27N5O/c1-12-6-8-17(9-7-12)25-13(2)18(23-24-25)20(26)22-19-14-4-3-5-15(19)11-16(21)10-14/h6-9,14-16,19H,3-5,10-11,21H2,1-2H3,(H,22,26). The lowest BCUT2D eigenvalue weighted by molar-refractivity contribution is 0.0751. The SMILES string of the molecule is Cc1ccc(-n2nnc(C(=O)NC3C4CCCC3CC(N)C4)c2C)cc1. The fraction of sp³-hybridized carbons (Fsp3) is 0.550. The maximum atomic E-state index is 12.9. The van der Waals surface area contributed by atoms with Crippen molar-refractivity contribution in [3.05, 3.63) is 41.2 Å². The average molecular weight is 353 g/mol. The Balaban J connectivity index is 1.53. The highest BCUT2D eigenvalue weighted by Crippen LogP contribution is 2.39. The predicted octanol–water partition coefficient (Wildman–Crippen LogP) is 2.52. The van der Waals surface area contributed by atoms with E-state index in [-0.39, 0.29) is 18.0 Å². The van der Waals surface area contributed by atoms with Gasteiger partial charge in [0.05, 0.1) is 11.4 Å². The van der Waals surface area contributed by atoms with Gasteiger partial charge in [-0.25, -0.2) is 4.68 Å². The second kappa shape index (κ2) is 6.83. The fourth-order valence-electron chi connectivity index (χ4n) is 4.71. The summed E-state index contributed by atoms with van der Waals surface area (Å²) in [5.74, 6) is 0.876. The van der Waals surface area contributed by atoms with Crippen molar-refractivity contribution >= 4 is 5.91 Å². The highest BCUT2D eigenvalue weighted by molar-refractivity contribution is 5.93. The van der Waals surface area contributed by atoms with Crippen LogP contribution in [0.2, 0.25) is 0 Å². The van der Waals surface area contributed by atoms with Crippen LogP contribution in [-0.4, -0.2) is 33.0 Å². The zero-order chi connectivity index (χ0) is 18.3. The van der Waals surface area contributed by atoms with Gasteiger partial charge in [0.2, 0.25) is 0 Å². The average Bonchev–Trinajstić information content (AvgIpc) is 2.98. The highest BCUT2D eigenvalue weighted by atomic mass is 16.2. The zero-order valence-electron chi connectivity index (χ0n) is 15.5. The van der Waals surface area contributed by atoms with Gasteiger partial charge in [-0.05, 0) is 63.5 Å². The van der Waals surface area contributed by atoms with E-state index in [4.69, 9.17) is 5.73 Å². The molecule has 0 spiro atoms. The Kier molecular flexibility index (Phi) is 4.53. The van der Waals surface area contributed by atoms with Crippen LogP contribution in [0, 0.1) is 25.7 Å². The first kappa shape index (κ1) is 17.2. The number of carbonyl (C=O) groups is 1. The molecule has 0 radical (unpaired) electrons. The van der Waals surface area contributed by atoms with Crippen molar-refractivity contribution in [3.8, 4) is 5.69 Å². The van der Waals surface area contributed by atoms with Crippen LogP contribution in [0.4, 0.5) is 0 Å². The van der Waals surface area contributed by atoms with Gasteiger partial charge in [-0.2, -0.15) is 0 Å². The van der Waals surface area contributed by atoms with Crippen molar-refractivity contribution in [2.45, 2.75) is 58.0 Å². The van der Waals surface area contributed by atoms with E-state index in [0.29, 0.717) is 17.5 Å². The first-order chi connectivity index (χ1) is 12.5. The molecule has 4 rings (SSSR count). The Hall–Kier alpha value is -2.21. The van der Waals surface area contributed by atoms with Gasteiger partial charge < -0.3 is 11.1 Å². The molecule has 2 aromatic rings. The molecule has 2 saturated carbocycles. The van der Waals surface area contributed by atoms with Gasteiger partial charge in [0.1, 0.15) is 0 Å². The molecule has 0 saturated heterocycles. The molecule has 26 heavy (non-hydrogen) atoms. The molecule has 2 fully saturated rings. The molecule has 2 bridgehead atoms. The number of nitrogens with one attached hydrogen (secondary N) is 1. The Labute approximate surface area is 154 Å². The minimum absolute atomic E-state index is 0.113. The number of carbonyl (C=O) groups excluding carboxylic acids is 1. The van der Waals surface area contributed by atoms with E-state index in [1.54, 1.807) is 4.68 Å². The molecule has 138 valence electrons. The van der Waals surface area contributed by atoms with Crippen molar-refractivity contribution in [2.24, 2.45) is 17.6 Å². The van der Waals surface area contributed by atoms with E-state index in [2.05, 4.69) is 15.6 Å². The maximum Gasteiger partial charge on any atom is 0.274 e. The van der Waals surface area contributed by atoms with Gasteiger partial charge in [0, 0.05) is 12.1 Å². The maximum absolute atomic E-state index is 12.9. The summed E-state index contributed by atoms with van der Waals surface area (Å²) < 4.78 is 1.73. The number of hydrogen-bond acceptors (Lipinski definition) is 4. The lowest BCUT2D eigenvalue weighted by Gasteiger charge is -2.45. The quantitative estimate of drug-likeness (QED) is 0.888. The molecule has 6 heteroatoms. The number of fused-ring (bicyclic) bond motifs is 2. The molecule has 2 aliphatic rings. The molecule has 3 N–H and O–H groups in total. The van der Waals surface area contributed by atoms with Crippen LogP contribution >= 0.6 is 0 Å². The van der Waals surface area contributed by atoms with Crippen molar-refractivity contribution < 1.29 is 4.79 Å². The number of benzene rings is 1. The van der Waals surface area contributed by atoms with Gasteiger partial charge in [-0.15, -0.1) is 5.10 Å². The lowest BCUT2D eigenvalue weighted by Crippen LogP contribution is -2.53. The number of amides is 1. The predicted molar refractivity (Wildman–Crippen MR) is 100 cm³/mol. The summed E-state index contributed by atoms with van der Waals surface area (Å²) in [6.07, 6.45) is 5.58. The number of aromatic nitrogens is 3. The monoisotopic (exact) mass is 353 g/mol. The third-order valence-electron chi connectivity index (χ3n) is 6.06. The molecule has 1 aromatic heterocycles. The van der Waals surface area contributed by atoms with Gasteiger partial charge >= 0.3 is 0 Å². The molecular formula is C20H27N5O. The molecule has 0 aliphatic heterocycles. The van der Waals surface area contributed by atoms with Gasteiger partial charge in [0.15, 0.2) is 5.69 Å². The van der Waals surface area contributed by atoms with Gasteiger partial charge in [0.25, 0.3) is 5.91 Å². The van der Waals surface area contributed by atoms with Crippen LogP contribution in [0.15, 0.2) is 24.3 Å². The second-order valence-corrected chi connectivity index (χ2v) is 7.95. The van der Waals surface area contributed by atoms with Crippen LogP contribution in [-0.2, 0) is 0 Å². The molecule has 2 unspecified atom stereocenters. The number of hydrogen-bond donors (Lipinski definition) is 2. The highest BCUT2D eigenvalue weighted by Gasteiger charge is 2.40. The third-order valence-corrected chi connectivity index (χ3v) is 6.06. The van der Waals surface area contributed by atoms with Crippen molar-refractivity contribution in [2.75, 3.05) is 0 Å². The Morgan fingerprint density at radius 1 is 1.15 bits per heavy atom. The van der Waals surface area contributed by atoms with E-state index in [0.717, 1.165) is 37.1 Å². The summed E-state index contributed by atoms with van der Waals surface area (Å²) in [6, 6.07) is 8.55. The second-order valence-electron chi connectivity index (χ2n) is 7.95. The van der Waals surface area contributed by atoms with Crippen molar-refractivity contribution in [3.63, 3.8) is 0 Å². The van der Waals surface area contributed by atoms with Crippen molar-refractivity contribution in [1.82, 2.24) is 20.3 Å². The summed E-state index contributed by atoms with van der Waals surface area (Å²) in [5.41, 5.74) is 9.48. The van der Waals surface area contributed by atoms with Crippen molar-refractivity contribution in [1.29, 1.82) is 0 Å². The van der Waals surface area contributed by atoms with Crippen LogP contribution in [0.3, 0.4) is 0 Å². The van der Waals surface area contributed by atoms with E-state index in [9.17, 15) is 4.79 Å². The molecule has 2 aliphatic carbocycles. The van der Waals surface area contributed by atoms with Crippen LogP contribution in [0.5, 0.6) is 0 Å². The van der Waals surface area contributed by atoms with Gasteiger partial charge in [-0.3, -0.25) is 4.79 Å². The van der Waals surface area contributed by atoms with Gasteiger partial charge in [-0.1, -0.05) is 29.3 Å².